The van der Waals surface area contributed by atoms with Crippen molar-refractivity contribution in [3.8, 4) is 0 Å². The molecule has 2 amide bonds. The second-order valence-electron chi connectivity index (χ2n) is 6.71. The van der Waals surface area contributed by atoms with Crippen LogP contribution in [-0.4, -0.2) is 79.0 Å². The second-order valence-corrected chi connectivity index (χ2v) is 9.71. The van der Waals surface area contributed by atoms with Gasteiger partial charge in [-0.15, -0.1) is 11.3 Å². The predicted octanol–water partition coefficient (Wildman–Crippen LogP) is 0.889. The molecule has 0 bridgehead atoms. The Hall–Kier alpha value is -2.34. The minimum absolute atomic E-state index is 0.109. The zero-order valence-electron chi connectivity index (χ0n) is 16.2. The molecule has 3 rings (SSSR count). The summed E-state index contributed by atoms with van der Waals surface area (Å²) in [6, 6.07) is 8.82. The fourth-order valence-corrected chi connectivity index (χ4v) is 4.66. The third-order valence-electron chi connectivity index (χ3n) is 4.52. The molecule has 1 aromatic heterocycles. The summed E-state index contributed by atoms with van der Waals surface area (Å²) in [6.07, 6.45) is 0.109. The molecule has 0 radical (unpaired) electrons. The number of carbonyl (C=O) groups excluding carboxylic acids is 2. The molecule has 156 valence electrons. The number of hydrogen-bond donors (Lipinski definition) is 1. The monoisotopic (exact) mass is 437 g/mol. The van der Waals surface area contributed by atoms with E-state index in [1.165, 1.54) is 34.0 Å². The summed E-state index contributed by atoms with van der Waals surface area (Å²) in [7, 11) is -0.483. The molecule has 1 aliphatic heterocycles. The molecule has 2 aromatic rings. The van der Waals surface area contributed by atoms with Crippen molar-refractivity contribution in [1.82, 2.24) is 18.5 Å². The predicted molar refractivity (Wildman–Crippen MR) is 111 cm³/mol. The van der Waals surface area contributed by atoms with E-state index in [1.807, 2.05) is 6.07 Å². The highest BCUT2D eigenvalue weighted by molar-refractivity contribution is 7.86. The van der Waals surface area contributed by atoms with E-state index in [0.717, 1.165) is 0 Å². The summed E-state index contributed by atoms with van der Waals surface area (Å²) in [6.45, 7) is 1.21. The minimum Gasteiger partial charge on any atom is -0.340 e. The van der Waals surface area contributed by atoms with Gasteiger partial charge in [0.05, 0.1) is 12.1 Å². The molecule has 0 unspecified atom stereocenters. The van der Waals surface area contributed by atoms with E-state index in [2.05, 4.69) is 10.3 Å². The minimum atomic E-state index is -3.46. The number of aromatic nitrogens is 1. The summed E-state index contributed by atoms with van der Waals surface area (Å²) in [4.78, 5) is 30.7. The van der Waals surface area contributed by atoms with Gasteiger partial charge in [0.25, 0.3) is 16.1 Å². The smallest absolute Gasteiger partial charge is 0.281 e. The third-order valence-corrected chi connectivity index (χ3v) is 7.27. The first kappa shape index (κ1) is 21.4. The number of benzene rings is 1. The number of piperazine rings is 1. The maximum atomic E-state index is 12.5. The maximum Gasteiger partial charge on any atom is 0.281 e. The molecule has 0 atom stereocenters. The lowest BCUT2D eigenvalue weighted by molar-refractivity contribution is -0.131. The number of hydrogen-bond acceptors (Lipinski definition) is 6. The highest BCUT2D eigenvalue weighted by atomic mass is 32.2. The summed E-state index contributed by atoms with van der Waals surface area (Å²) in [5, 5.41) is 4.91. The van der Waals surface area contributed by atoms with Gasteiger partial charge >= 0.3 is 0 Å². The van der Waals surface area contributed by atoms with Crippen LogP contribution in [0.4, 0.5) is 5.13 Å². The van der Waals surface area contributed by atoms with Crippen molar-refractivity contribution >= 4 is 38.5 Å². The highest BCUT2D eigenvalue weighted by Crippen LogP contribution is 2.18. The van der Waals surface area contributed by atoms with Crippen LogP contribution >= 0.6 is 11.3 Å². The van der Waals surface area contributed by atoms with Gasteiger partial charge in [-0.25, -0.2) is 4.98 Å². The normalized spacial score (nSPS) is 15.5. The van der Waals surface area contributed by atoms with Crippen LogP contribution in [-0.2, 0) is 21.4 Å². The van der Waals surface area contributed by atoms with Crippen molar-refractivity contribution in [2.24, 2.45) is 0 Å². The van der Waals surface area contributed by atoms with E-state index >= 15 is 0 Å². The zero-order valence-corrected chi connectivity index (χ0v) is 17.9. The van der Waals surface area contributed by atoms with E-state index in [9.17, 15) is 18.0 Å². The van der Waals surface area contributed by atoms with Gasteiger partial charge in [-0.3, -0.25) is 14.9 Å². The van der Waals surface area contributed by atoms with Crippen LogP contribution in [0.3, 0.4) is 0 Å². The molecule has 1 N–H and O–H groups in total. The number of amides is 2. The van der Waals surface area contributed by atoms with Crippen molar-refractivity contribution in [3.63, 3.8) is 0 Å². The first-order valence-corrected chi connectivity index (χ1v) is 11.3. The van der Waals surface area contributed by atoms with Gasteiger partial charge < -0.3 is 4.90 Å². The van der Waals surface area contributed by atoms with E-state index in [0.29, 0.717) is 29.5 Å². The molecule has 9 nitrogen and oxygen atoms in total. The summed E-state index contributed by atoms with van der Waals surface area (Å²) >= 11 is 1.26. The molecule has 2 heterocycles. The SMILES string of the molecule is CN(C)S(=O)(=O)N1CCN(C(=O)Cc2csc(NC(=O)c3ccccc3)n2)CC1. The summed E-state index contributed by atoms with van der Waals surface area (Å²) < 4.78 is 26.8. The Bertz CT molecular complexity index is 967. The fraction of sp³-hybridized carbons (Fsp3) is 0.389. The molecule has 0 saturated carbocycles. The van der Waals surface area contributed by atoms with Gasteiger partial charge in [0.15, 0.2) is 5.13 Å². The molecule has 11 heteroatoms. The van der Waals surface area contributed by atoms with Gasteiger partial charge in [0, 0.05) is 51.2 Å². The lowest BCUT2D eigenvalue weighted by Crippen LogP contribution is -2.53. The van der Waals surface area contributed by atoms with Crippen molar-refractivity contribution in [2.75, 3.05) is 45.6 Å². The van der Waals surface area contributed by atoms with Crippen LogP contribution in [0, 0.1) is 0 Å². The molecule has 0 aliphatic carbocycles. The number of carbonyl (C=O) groups is 2. The number of thiazole rings is 1. The Balaban J connectivity index is 1.53. The van der Waals surface area contributed by atoms with Crippen molar-refractivity contribution in [2.45, 2.75) is 6.42 Å². The van der Waals surface area contributed by atoms with Crippen LogP contribution in [0.2, 0.25) is 0 Å². The lowest BCUT2D eigenvalue weighted by Gasteiger charge is -2.35. The highest BCUT2D eigenvalue weighted by Gasteiger charge is 2.30. The fourth-order valence-electron chi connectivity index (χ4n) is 2.87. The Labute approximate surface area is 174 Å². The van der Waals surface area contributed by atoms with Crippen LogP contribution in [0.1, 0.15) is 16.1 Å². The Kier molecular flexibility index (Phi) is 6.63. The average molecular weight is 438 g/mol. The number of nitrogens with one attached hydrogen (secondary N) is 1. The standard InChI is InChI=1S/C18H23N5O4S2/c1-21(2)29(26,27)23-10-8-22(9-11-23)16(24)12-15-13-28-18(19-15)20-17(25)14-6-4-3-5-7-14/h3-7,13H,8-12H2,1-2H3,(H,19,20,25). The van der Waals surface area contributed by atoms with Crippen molar-refractivity contribution < 1.29 is 18.0 Å². The van der Waals surface area contributed by atoms with Crippen LogP contribution in [0.25, 0.3) is 0 Å². The van der Waals surface area contributed by atoms with Gasteiger partial charge in [0.1, 0.15) is 0 Å². The van der Waals surface area contributed by atoms with Crippen molar-refractivity contribution in [3.05, 3.63) is 47.0 Å². The Morgan fingerprint density at radius 1 is 1.14 bits per heavy atom. The van der Waals surface area contributed by atoms with Crippen molar-refractivity contribution in [1.29, 1.82) is 0 Å². The molecular weight excluding hydrogens is 414 g/mol. The van der Waals surface area contributed by atoms with Gasteiger partial charge in [-0.05, 0) is 12.1 Å². The summed E-state index contributed by atoms with van der Waals surface area (Å²) in [5.41, 5.74) is 1.11. The van der Waals surface area contributed by atoms with Crippen LogP contribution < -0.4 is 5.32 Å². The first-order valence-electron chi connectivity index (χ1n) is 9.03. The Morgan fingerprint density at radius 2 is 1.79 bits per heavy atom. The number of anilines is 1. The first-order chi connectivity index (χ1) is 13.8. The summed E-state index contributed by atoms with van der Waals surface area (Å²) in [5.74, 6) is -0.366. The molecule has 1 saturated heterocycles. The molecule has 0 spiro atoms. The maximum absolute atomic E-state index is 12.5. The molecule has 1 fully saturated rings. The van der Waals surface area contributed by atoms with Gasteiger partial charge in [-0.1, -0.05) is 18.2 Å². The van der Waals surface area contributed by atoms with E-state index in [-0.39, 0.29) is 31.3 Å². The van der Waals surface area contributed by atoms with Gasteiger partial charge in [0.2, 0.25) is 5.91 Å². The van der Waals surface area contributed by atoms with Crippen LogP contribution in [0.5, 0.6) is 0 Å². The second kappa shape index (κ2) is 8.99. The van der Waals surface area contributed by atoms with E-state index in [4.69, 9.17) is 0 Å². The number of nitrogens with zero attached hydrogens (tertiary/aromatic N) is 4. The third kappa shape index (κ3) is 5.18. The molecular formula is C18H23N5O4S2. The largest absolute Gasteiger partial charge is 0.340 e. The average Bonchev–Trinajstić information content (AvgIpc) is 3.15. The van der Waals surface area contributed by atoms with E-state index in [1.54, 1.807) is 34.5 Å². The Morgan fingerprint density at radius 3 is 2.41 bits per heavy atom. The quantitative estimate of drug-likeness (QED) is 0.723. The zero-order chi connectivity index (χ0) is 21.0. The molecule has 1 aliphatic rings. The van der Waals surface area contributed by atoms with Gasteiger partial charge in [-0.2, -0.15) is 17.0 Å². The number of rotatable bonds is 6. The topological polar surface area (TPSA) is 103 Å². The molecule has 29 heavy (non-hydrogen) atoms. The lowest BCUT2D eigenvalue weighted by atomic mass is 10.2. The van der Waals surface area contributed by atoms with E-state index < -0.39 is 10.2 Å². The van der Waals surface area contributed by atoms with Crippen LogP contribution in [0.15, 0.2) is 35.7 Å². The molecule has 1 aromatic carbocycles.